The van der Waals surface area contributed by atoms with Crippen molar-refractivity contribution in [3.8, 4) is 5.75 Å². The second kappa shape index (κ2) is 9.08. The van der Waals surface area contributed by atoms with Crippen LogP contribution >= 0.6 is 24.0 Å². The van der Waals surface area contributed by atoms with Gasteiger partial charge in [0, 0.05) is 40.1 Å². The van der Waals surface area contributed by atoms with Crippen molar-refractivity contribution in [3.05, 3.63) is 59.2 Å². The molecule has 0 radical (unpaired) electrons. The van der Waals surface area contributed by atoms with Crippen LogP contribution in [0.15, 0.2) is 48.7 Å². The van der Waals surface area contributed by atoms with Crippen molar-refractivity contribution in [2.45, 2.75) is 20.4 Å². The van der Waals surface area contributed by atoms with Gasteiger partial charge < -0.3 is 15.7 Å². The maximum Gasteiger partial charge on any atom is 0.120 e. The summed E-state index contributed by atoms with van der Waals surface area (Å²) in [5.41, 5.74) is 3.58. The van der Waals surface area contributed by atoms with E-state index >= 15 is 0 Å². The summed E-state index contributed by atoms with van der Waals surface area (Å²) in [6, 6.07) is 13.1. The molecule has 4 nitrogen and oxygen atoms in total. The molecular formula is C20H23Cl2N3O. The van der Waals surface area contributed by atoms with Crippen LogP contribution in [-0.4, -0.2) is 16.6 Å². The Kier molecular flexibility index (Phi) is 7.09. The number of phenolic OH excluding ortho intramolecular Hbond substituents is 1. The third-order valence-electron chi connectivity index (χ3n) is 3.93. The van der Waals surface area contributed by atoms with E-state index in [0.29, 0.717) is 23.2 Å². The van der Waals surface area contributed by atoms with Crippen LogP contribution < -0.4 is 10.6 Å². The fourth-order valence-electron chi connectivity index (χ4n) is 2.69. The molecule has 0 aliphatic heterocycles. The standard InChI is InChI=1S/C20H22ClN3O.ClH/c1-13(2)11-22-12-14-9-16(4-6-20(14)25)24-18-7-8-23-19-10-15(21)3-5-17(18)19;/h3-10,13,22,25H,11-12H2,1-2H3,(H,23,24);1H. The first-order valence-electron chi connectivity index (χ1n) is 8.37. The molecule has 0 fully saturated rings. The Morgan fingerprint density at radius 1 is 1.12 bits per heavy atom. The van der Waals surface area contributed by atoms with Gasteiger partial charge in [0.15, 0.2) is 0 Å². The van der Waals surface area contributed by atoms with E-state index in [9.17, 15) is 5.11 Å². The molecule has 1 heterocycles. The van der Waals surface area contributed by atoms with E-state index < -0.39 is 0 Å². The molecule has 0 unspecified atom stereocenters. The molecule has 3 aromatic rings. The van der Waals surface area contributed by atoms with E-state index in [0.717, 1.165) is 34.4 Å². The summed E-state index contributed by atoms with van der Waals surface area (Å²) in [6.45, 7) is 5.86. The summed E-state index contributed by atoms with van der Waals surface area (Å²) >= 11 is 6.04. The van der Waals surface area contributed by atoms with Crippen LogP contribution in [0.25, 0.3) is 10.9 Å². The lowest BCUT2D eigenvalue weighted by molar-refractivity contribution is 0.461. The Bertz CT molecular complexity index is 884. The molecule has 0 saturated heterocycles. The van der Waals surface area contributed by atoms with E-state index in [2.05, 4.69) is 29.5 Å². The van der Waals surface area contributed by atoms with E-state index in [1.54, 1.807) is 12.3 Å². The Morgan fingerprint density at radius 2 is 1.92 bits per heavy atom. The summed E-state index contributed by atoms with van der Waals surface area (Å²) < 4.78 is 0. The Hall–Kier alpha value is -2.01. The summed E-state index contributed by atoms with van der Waals surface area (Å²) in [5, 5.41) is 18.5. The molecule has 138 valence electrons. The number of nitrogens with zero attached hydrogens (tertiary/aromatic N) is 1. The van der Waals surface area contributed by atoms with Crippen LogP contribution in [0.5, 0.6) is 5.75 Å². The lowest BCUT2D eigenvalue weighted by atomic mass is 10.1. The monoisotopic (exact) mass is 391 g/mol. The number of halogens is 2. The third-order valence-corrected chi connectivity index (χ3v) is 4.17. The molecule has 0 bridgehead atoms. The maximum absolute atomic E-state index is 10.1. The van der Waals surface area contributed by atoms with Gasteiger partial charge in [0.1, 0.15) is 5.75 Å². The van der Waals surface area contributed by atoms with Crippen molar-refractivity contribution in [2.75, 3.05) is 11.9 Å². The fourth-order valence-corrected chi connectivity index (χ4v) is 2.85. The lowest BCUT2D eigenvalue weighted by Gasteiger charge is -2.13. The summed E-state index contributed by atoms with van der Waals surface area (Å²) in [5.74, 6) is 0.867. The van der Waals surface area contributed by atoms with Gasteiger partial charge in [-0.2, -0.15) is 0 Å². The molecule has 1 aromatic heterocycles. The average Bonchev–Trinajstić information content (AvgIpc) is 2.57. The van der Waals surface area contributed by atoms with Gasteiger partial charge in [0.25, 0.3) is 0 Å². The van der Waals surface area contributed by atoms with Crippen molar-refractivity contribution < 1.29 is 5.11 Å². The quantitative estimate of drug-likeness (QED) is 0.485. The zero-order chi connectivity index (χ0) is 17.8. The minimum atomic E-state index is 0. The van der Waals surface area contributed by atoms with Crippen LogP contribution in [0, 0.1) is 5.92 Å². The minimum absolute atomic E-state index is 0. The highest BCUT2D eigenvalue weighted by Crippen LogP contribution is 2.29. The molecule has 6 heteroatoms. The molecule has 0 amide bonds. The van der Waals surface area contributed by atoms with Crippen LogP contribution in [0.2, 0.25) is 5.02 Å². The number of rotatable bonds is 6. The number of hydrogen-bond donors (Lipinski definition) is 3. The molecule has 0 aliphatic rings. The lowest BCUT2D eigenvalue weighted by Crippen LogP contribution is -2.19. The minimum Gasteiger partial charge on any atom is -0.508 e. The Balaban J connectivity index is 0.00000243. The molecule has 0 aliphatic carbocycles. The second-order valence-corrected chi connectivity index (χ2v) is 6.95. The molecule has 26 heavy (non-hydrogen) atoms. The maximum atomic E-state index is 10.1. The topological polar surface area (TPSA) is 57.2 Å². The number of hydrogen-bond acceptors (Lipinski definition) is 4. The summed E-state index contributed by atoms with van der Waals surface area (Å²) in [7, 11) is 0. The first kappa shape index (κ1) is 20.3. The highest BCUT2D eigenvalue weighted by molar-refractivity contribution is 6.31. The number of aromatic hydroxyl groups is 1. The number of fused-ring (bicyclic) bond motifs is 1. The fraction of sp³-hybridized carbons (Fsp3) is 0.250. The SMILES string of the molecule is CC(C)CNCc1cc(Nc2ccnc3cc(Cl)ccc23)ccc1O.Cl. The molecular weight excluding hydrogens is 369 g/mol. The average molecular weight is 392 g/mol. The summed E-state index contributed by atoms with van der Waals surface area (Å²) in [6.07, 6.45) is 1.76. The summed E-state index contributed by atoms with van der Waals surface area (Å²) in [4.78, 5) is 4.36. The zero-order valence-electron chi connectivity index (χ0n) is 14.8. The zero-order valence-corrected chi connectivity index (χ0v) is 16.4. The second-order valence-electron chi connectivity index (χ2n) is 6.51. The molecule has 0 spiro atoms. The first-order chi connectivity index (χ1) is 12.0. The predicted molar refractivity (Wildman–Crippen MR) is 112 cm³/mol. The molecule has 3 N–H and O–H groups in total. The first-order valence-corrected chi connectivity index (χ1v) is 8.74. The van der Waals surface area contributed by atoms with Crippen LogP contribution in [0.4, 0.5) is 11.4 Å². The molecule has 3 rings (SSSR count). The molecule has 0 saturated carbocycles. The van der Waals surface area contributed by atoms with Gasteiger partial charge in [-0.25, -0.2) is 0 Å². The third kappa shape index (κ3) is 5.01. The Labute approximate surface area is 165 Å². The van der Waals surface area contributed by atoms with Crippen molar-refractivity contribution in [1.29, 1.82) is 0 Å². The van der Waals surface area contributed by atoms with Crippen LogP contribution in [-0.2, 0) is 6.54 Å². The van der Waals surface area contributed by atoms with Gasteiger partial charge in [-0.15, -0.1) is 12.4 Å². The normalized spacial score (nSPS) is 10.8. The molecule has 2 aromatic carbocycles. The largest absolute Gasteiger partial charge is 0.508 e. The van der Waals surface area contributed by atoms with E-state index in [4.69, 9.17) is 11.6 Å². The van der Waals surface area contributed by atoms with Crippen molar-refractivity contribution >= 4 is 46.3 Å². The Morgan fingerprint density at radius 3 is 2.69 bits per heavy atom. The number of benzene rings is 2. The van der Waals surface area contributed by atoms with Gasteiger partial charge in [0.05, 0.1) is 5.52 Å². The van der Waals surface area contributed by atoms with Gasteiger partial charge in [-0.3, -0.25) is 4.98 Å². The smallest absolute Gasteiger partial charge is 0.120 e. The number of nitrogens with one attached hydrogen (secondary N) is 2. The number of aromatic nitrogens is 1. The van der Waals surface area contributed by atoms with Crippen molar-refractivity contribution in [2.24, 2.45) is 5.92 Å². The highest BCUT2D eigenvalue weighted by atomic mass is 35.5. The van der Waals surface area contributed by atoms with Crippen molar-refractivity contribution in [1.82, 2.24) is 10.3 Å². The van der Waals surface area contributed by atoms with Crippen LogP contribution in [0.1, 0.15) is 19.4 Å². The molecule has 0 atom stereocenters. The number of pyridine rings is 1. The van der Waals surface area contributed by atoms with Gasteiger partial charge >= 0.3 is 0 Å². The van der Waals surface area contributed by atoms with E-state index in [-0.39, 0.29) is 12.4 Å². The van der Waals surface area contributed by atoms with Gasteiger partial charge in [-0.1, -0.05) is 25.4 Å². The predicted octanol–water partition coefficient (Wildman–Crippen LogP) is 5.50. The van der Waals surface area contributed by atoms with E-state index in [1.165, 1.54) is 0 Å². The highest BCUT2D eigenvalue weighted by Gasteiger charge is 2.06. The van der Waals surface area contributed by atoms with Gasteiger partial charge in [-0.05, 0) is 54.9 Å². The number of anilines is 2. The van der Waals surface area contributed by atoms with E-state index in [1.807, 2.05) is 36.4 Å². The van der Waals surface area contributed by atoms with Crippen LogP contribution in [0.3, 0.4) is 0 Å². The number of phenols is 1. The van der Waals surface area contributed by atoms with Gasteiger partial charge in [0.2, 0.25) is 0 Å². The van der Waals surface area contributed by atoms with Crippen molar-refractivity contribution in [3.63, 3.8) is 0 Å².